The number of anilines is 1. The molecule has 2 N–H and O–H groups in total. The van der Waals surface area contributed by atoms with Gasteiger partial charge in [0.25, 0.3) is 5.91 Å². The van der Waals surface area contributed by atoms with Gasteiger partial charge in [-0.05, 0) is 37.3 Å². The molecular weight excluding hydrogens is 202 g/mol. The van der Waals surface area contributed by atoms with Crippen LogP contribution in [-0.4, -0.2) is 28.4 Å². The number of nitrogen functional groups attached to an aromatic ring is 1. The van der Waals surface area contributed by atoms with E-state index in [0.29, 0.717) is 23.3 Å². The van der Waals surface area contributed by atoms with E-state index in [1.54, 1.807) is 18.3 Å². The quantitative estimate of drug-likeness (QED) is 0.771. The lowest BCUT2D eigenvalue weighted by atomic mass is 10.1. The van der Waals surface area contributed by atoms with Gasteiger partial charge in [0.1, 0.15) is 0 Å². The first-order valence-electron chi connectivity index (χ1n) is 5.77. The van der Waals surface area contributed by atoms with E-state index in [-0.39, 0.29) is 5.91 Å². The topological polar surface area (TPSA) is 59.2 Å². The van der Waals surface area contributed by atoms with Gasteiger partial charge in [0.15, 0.2) is 5.69 Å². The van der Waals surface area contributed by atoms with Crippen LogP contribution >= 0.6 is 0 Å². The minimum Gasteiger partial charge on any atom is -0.397 e. The summed E-state index contributed by atoms with van der Waals surface area (Å²) < 4.78 is 0. The molecule has 16 heavy (non-hydrogen) atoms. The minimum atomic E-state index is 0.00491. The maximum atomic E-state index is 12.2. The van der Waals surface area contributed by atoms with E-state index < -0.39 is 0 Å². The predicted octanol–water partition coefficient (Wildman–Crippen LogP) is 1.29. The Hall–Kier alpha value is -1.58. The zero-order valence-electron chi connectivity index (χ0n) is 9.10. The number of piperidine rings is 1. The molecular formula is C12H15N3O. The number of hydrogen-bond donors (Lipinski definition) is 1. The van der Waals surface area contributed by atoms with Crippen molar-refractivity contribution in [2.75, 3.05) is 12.3 Å². The number of pyridine rings is 1. The number of aromatic nitrogens is 1. The molecule has 1 saturated carbocycles. The van der Waals surface area contributed by atoms with Crippen molar-refractivity contribution >= 4 is 11.6 Å². The molecule has 84 valence electrons. The van der Waals surface area contributed by atoms with Crippen LogP contribution < -0.4 is 5.73 Å². The Labute approximate surface area is 94.5 Å². The average molecular weight is 217 g/mol. The number of nitrogens with zero attached hydrogens (tertiary/aromatic N) is 2. The van der Waals surface area contributed by atoms with Crippen molar-refractivity contribution in [3.05, 3.63) is 24.0 Å². The Morgan fingerprint density at radius 3 is 3.00 bits per heavy atom. The van der Waals surface area contributed by atoms with Gasteiger partial charge in [-0.15, -0.1) is 0 Å². The molecule has 3 rings (SSSR count). The highest BCUT2D eigenvalue weighted by molar-refractivity contribution is 5.97. The second kappa shape index (κ2) is 3.47. The molecule has 1 aromatic rings. The fourth-order valence-corrected chi connectivity index (χ4v) is 2.91. The van der Waals surface area contributed by atoms with Gasteiger partial charge >= 0.3 is 0 Å². The molecule has 2 heterocycles. The molecule has 2 bridgehead atoms. The number of carbonyl (C=O) groups excluding carboxylic acids is 1. The van der Waals surface area contributed by atoms with Gasteiger partial charge in [0.2, 0.25) is 0 Å². The number of nitrogens with two attached hydrogens (primary N) is 1. The summed E-state index contributed by atoms with van der Waals surface area (Å²) in [7, 11) is 0. The highest BCUT2D eigenvalue weighted by atomic mass is 16.2. The Morgan fingerprint density at radius 1 is 1.50 bits per heavy atom. The van der Waals surface area contributed by atoms with Gasteiger partial charge in [0.05, 0.1) is 5.69 Å². The third-order valence-corrected chi connectivity index (χ3v) is 3.71. The van der Waals surface area contributed by atoms with Gasteiger partial charge < -0.3 is 10.6 Å². The molecule has 0 spiro atoms. The summed E-state index contributed by atoms with van der Waals surface area (Å²) in [5, 5.41) is 0. The molecule has 4 heteroatoms. The Kier molecular flexibility index (Phi) is 2.09. The number of rotatable bonds is 1. The lowest BCUT2D eigenvalue weighted by Crippen LogP contribution is -2.38. The summed E-state index contributed by atoms with van der Waals surface area (Å²) in [4.78, 5) is 18.3. The van der Waals surface area contributed by atoms with E-state index in [1.165, 1.54) is 12.8 Å². The largest absolute Gasteiger partial charge is 0.397 e. The number of carbonyl (C=O) groups is 1. The summed E-state index contributed by atoms with van der Waals surface area (Å²) in [5.74, 6) is 0.712. The van der Waals surface area contributed by atoms with Crippen molar-refractivity contribution in [3.8, 4) is 0 Å². The summed E-state index contributed by atoms with van der Waals surface area (Å²) in [6, 6.07) is 3.91. The van der Waals surface area contributed by atoms with E-state index in [4.69, 9.17) is 5.73 Å². The molecule has 1 aliphatic heterocycles. The molecule has 1 saturated heterocycles. The van der Waals surface area contributed by atoms with Gasteiger partial charge in [-0.25, -0.2) is 4.98 Å². The fourth-order valence-electron chi connectivity index (χ4n) is 2.91. The Balaban J connectivity index is 1.86. The van der Waals surface area contributed by atoms with E-state index in [2.05, 4.69) is 4.98 Å². The molecule has 2 aliphatic rings. The van der Waals surface area contributed by atoms with Crippen LogP contribution in [0.1, 0.15) is 29.8 Å². The van der Waals surface area contributed by atoms with E-state index in [1.807, 2.05) is 4.90 Å². The first kappa shape index (κ1) is 9.63. The monoisotopic (exact) mass is 217 g/mol. The molecule has 1 aliphatic carbocycles. The highest BCUT2D eigenvalue weighted by Gasteiger charge is 2.41. The van der Waals surface area contributed by atoms with Gasteiger partial charge in [-0.1, -0.05) is 0 Å². The number of hydrogen-bond acceptors (Lipinski definition) is 3. The zero-order chi connectivity index (χ0) is 11.1. The van der Waals surface area contributed by atoms with Gasteiger partial charge in [0, 0.05) is 18.8 Å². The summed E-state index contributed by atoms with van der Waals surface area (Å²) in [6.45, 7) is 0.888. The summed E-state index contributed by atoms with van der Waals surface area (Å²) in [5.41, 5.74) is 6.67. The first-order valence-corrected chi connectivity index (χ1v) is 5.77. The van der Waals surface area contributed by atoms with Crippen LogP contribution in [0.5, 0.6) is 0 Å². The second-order valence-electron chi connectivity index (χ2n) is 4.73. The van der Waals surface area contributed by atoms with Crippen molar-refractivity contribution in [3.63, 3.8) is 0 Å². The van der Waals surface area contributed by atoms with Crippen LogP contribution in [0.2, 0.25) is 0 Å². The Bertz CT molecular complexity index is 432. The Morgan fingerprint density at radius 2 is 2.38 bits per heavy atom. The van der Waals surface area contributed by atoms with Crippen molar-refractivity contribution < 1.29 is 4.79 Å². The van der Waals surface area contributed by atoms with Crippen molar-refractivity contribution in [2.45, 2.75) is 25.3 Å². The first-order chi connectivity index (χ1) is 7.75. The van der Waals surface area contributed by atoms with Gasteiger partial charge in [-0.2, -0.15) is 0 Å². The second-order valence-corrected chi connectivity index (χ2v) is 4.73. The predicted molar refractivity (Wildman–Crippen MR) is 60.8 cm³/mol. The lowest BCUT2D eigenvalue weighted by molar-refractivity contribution is 0.0699. The van der Waals surface area contributed by atoms with Crippen LogP contribution in [0.4, 0.5) is 5.69 Å². The van der Waals surface area contributed by atoms with Crippen LogP contribution in [0, 0.1) is 5.92 Å². The minimum absolute atomic E-state index is 0.00491. The zero-order valence-corrected chi connectivity index (χ0v) is 9.10. The van der Waals surface area contributed by atoms with Crippen LogP contribution in [0.3, 0.4) is 0 Å². The summed E-state index contributed by atoms with van der Waals surface area (Å²) >= 11 is 0. The van der Waals surface area contributed by atoms with Crippen LogP contribution in [0.15, 0.2) is 18.3 Å². The number of amides is 1. The SMILES string of the molecule is Nc1cccnc1C(=O)N1CC2CCC1C2. The molecule has 2 unspecified atom stereocenters. The van der Waals surface area contributed by atoms with Crippen molar-refractivity contribution in [1.82, 2.24) is 9.88 Å². The third-order valence-electron chi connectivity index (χ3n) is 3.71. The fraction of sp³-hybridized carbons (Fsp3) is 0.500. The molecule has 1 amide bonds. The third kappa shape index (κ3) is 1.37. The molecule has 0 aromatic carbocycles. The normalized spacial score (nSPS) is 27.4. The van der Waals surface area contributed by atoms with Gasteiger partial charge in [-0.3, -0.25) is 4.79 Å². The highest BCUT2D eigenvalue weighted by Crippen LogP contribution is 2.38. The van der Waals surface area contributed by atoms with E-state index >= 15 is 0 Å². The molecule has 4 nitrogen and oxygen atoms in total. The maximum absolute atomic E-state index is 12.2. The molecule has 2 atom stereocenters. The van der Waals surface area contributed by atoms with Crippen LogP contribution in [-0.2, 0) is 0 Å². The standard InChI is InChI=1S/C12H15N3O/c13-10-2-1-5-14-11(10)12(16)15-7-8-3-4-9(15)6-8/h1-2,5,8-9H,3-4,6-7,13H2. The van der Waals surface area contributed by atoms with Crippen LogP contribution in [0.25, 0.3) is 0 Å². The van der Waals surface area contributed by atoms with Crippen molar-refractivity contribution in [2.24, 2.45) is 5.92 Å². The maximum Gasteiger partial charge on any atom is 0.274 e. The van der Waals surface area contributed by atoms with E-state index in [0.717, 1.165) is 13.0 Å². The average Bonchev–Trinajstić information content (AvgIpc) is 2.90. The van der Waals surface area contributed by atoms with E-state index in [9.17, 15) is 4.79 Å². The van der Waals surface area contributed by atoms with Crippen molar-refractivity contribution in [1.29, 1.82) is 0 Å². The molecule has 0 radical (unpaired) electrons. The summed E-state index contributed by atoms with van der Waals surface area (Å²) in [6.07, 6.45) is 5.20. The molecule has 1 aromatic heterocycles. The lowest BCUT2D eigenvalue weighted by Gasteiger charge is -2.26. The number of likely N-dealkylation sites (tertiary alicyclic amines) is 1. The smallest absolute Gasteiger partial charge is 0.274 e. The number of fused-ring (bicyclic) bond motifs is 2. The molecule has 2 fully saturated rings.